The van der Waals surface area contributed by atoms with Gasteiger partial charge in [-0.25, -0.2) is 0 Å². The van der Waals surface area contributed by atoms with E-state index in [0.29, 0.717) is 0 Å². The van der Waals surface area contributed by atoms with E-state index < -0.39 is 22.4 Å². The summed E-state index contributed by atoms with van der Waals surface area (Å²) in [5.41, 5.74) is 0.159. The second-order valence-electron chi connectivity index (χ2n) is 8.48. The SMILES string of the molecule is C.C.COC(C)[Si](C)(C)OC(C)(C)O[Si](C)(C)CCCCC(C)C. The minimum atomic E-state index is -1.92. The Kier molecular flexibility index (Phi) is 14.3. The van der Waals surface area contributed by atoms with Crippen LogP contribution in [0.15, 0.2) is 0 Å². The normalized spacial score (nSPS) is 14.1. The lowest BCUT2D eigenvalue weighted by atomic mass is 10.1. The fourth-order valence-corrected chi connectivity index (χ4v) is 7.54. The molecule has 0 aromatic heterocycles. The zero-order valence-electron chi connectivity index (χ0n) is 16.7. The third kappa shape index (κ3) is 12.6. The molecule has 0 bridgehead atoms. The van der Waals surface area contributed by atoms with Crippen LogP contribution >= 0.6 is 0 Å². The van der Waals surface area contributed by atoms with Gasteiger partial charge < -0.3 is 13.6 Å². The highest BCUT2D eigenvalue weighted by Crippen LogP contribution is 2.28. The topological polar surface area (TPSA) is 27.7 Å². The second-order valence-corrected chi connectivity index (χ2v) is 16.9. The minimum Gasteiger partial charge on any atom is -0.392 e. The van der Waals surface area contributed by atoms with Gasteiger partial charge in [0.1, 0.15) is 5.79 Å². The van der Waals surface area contributed by atoms with Gasteiger partial charge in [-0.2, -0.15) is 0 Å². The molecule has 0 saturated heterocycles. The summed E-state index contributed by atoms with van der Waals surface area (Å²) < 4.78 is 18.3. The first-order valence-corrected chi connectivity index (χ1v) is 14.8. The molecule has 0 aliphatic carbocycles. The summed E-state index contributed by atoms with van der Waals surface area (Å²) in [6.07, 6.45) is 3.89. The minimum absolute atomic E-state index is 0. The molecular weight excluding hydrogens is 332 g/mol. The fourth-order valence-electron chi connectivity index (χ4n) is 2.84. The molecule has 0 aromatic rings. The van der Waals surface area contributed by atoms with Gasteiger partial charge in [0, 0.05) is 7.11 Å². The van der Waals surface area contributed by atoms with E-state index in [1.165, 1.54) is 25.3 Å². The molecule has 0 heterocycles. The number of rotatable bonds is 11. The van der Waals surface area contributed by atoms with Gasteiger partial charge in [0.15, 0.2) is 8.32 Å². The third-order valence-corrected chi connectivity index (χ3v) is 9.99. The number of hydrogen-bond donors (Lipinski definition) is 0. The summed E-state index contributed by atoms with van der Waals surface area (Å²) in [6.45, 7) is 19.8. The average Bonchev–Trinajstić information content (AvgIpc) is 2.30. The van der Waals surface area contributed by atoms with E-state index in [9.17, 15) is 0 Å². The largest absolute Gasteiger partial charge is 0.392 e. The van der Waals surface area contributed by atoms with Crippen molar-refractivity contribution in [3.05, 3.63) is 0 Å². The Labute approximate surface area is 156 Å². The highest BCUT2D eigenvalue weighted by Gasteiger charge is 2.40. The molecule has 1 atom stereocenters. The van der Waals surface area contributed by atoms with Crippen molar-refractivity contribution in [1.82, 2.24) is 0 Å². The Morgan fingerprint density at radius 2 is 1.38 bits per heavy atom. The Bertz CT molecular complexity index is 316. The van der Waals surface area contributed by atoms with Gasteiger partial charge in [-0.15, -0.1) is 0 Å². The number of ether oxygens (including phenoxy) is 1. The lowest BCUT2D eigenvalue weighted by Gasteiger charge is -2.41. The molecule has 150 valence electrons. The molecule has 0 fully saturated rings. The molecular formula is C19H48O3Si2. The highest BCUT2D eigenvalue weighted by atomic mass is 28.4. The average molecular weight is 381 g/mol. The predicted octanol–water partition coefficient (Wildman–Crippen LogP) is 6.84. The molecule has 0 aromatic carbocycles. The van der Waals surface area contributed by atoms with Crippen LogP contribution in [0.2, 0.25) is 32.2 Å². The van der Waals surface area contributed by atoms with Crippen LogP contribution in [0.3, 0.4) is 0 Å². The molecule has 0 radical (unpaired) electrons. The lowest BCUT2D eigenvalue weighted by Crippen LogP contribution is -2.53. The van der Waals surface area contributed by atoms with E-state index in [0.717, 1.165) is 5.92 Å². The van der Waals surface area contributed by atoms with Crippen molar-refractivity contribution in [3.8, 4) is 0 Å². The molecule has 0 aliphatic heterocycles. The van der Waals surface area contributed by atoms with Crippen LogP contribution in [-0.4, -0.2) is 35.3 Å². The van der Waals surface area contributed by atoms with E-state index in [4.69, 9.17) is 13.6 Å². The van der Waals surface area contributed by atoms with E-state index in [2.05, 4.69) is 60.8 Å². The van der Waals surface area contributed by atoms with E-state index in [-0.39, 0.29) is 20.6 Å². The molecule has 3 nitrogen and oxygen atoms in total. The smallest absolute Gasteiger partial charge is 0.218 e. The van der Waals surface area contributed by atoms with Crippen LogP contribution in [-0.2, 0) is 13.6 Å². The molecule has 1 unspecified atom stereocenters. The summed E-state index contributed by atoms with van der Waals surface area (Å²) in [4.78, 5) is 0. The van der Waals surface area contributed by atoms with Gasteiger partial charge in [-0.05, 0) is 58.9 Å². The molecule has 0 N–H and O–H groups in total. The Hall–Kier alpha value is 0.314. The van der Waals surface area contributed by atoms with Gasteiger partial charge in [-0.3, -0.25) is 0 Å². The Morgan fingerprint density at radius 3 is 1.79 bits per heavy atom. The summed E-state index contributed by atoms with van der Waals surface area (Å²) in [7, 11) is -1.87. The van der Waals surface area contributed by atoms with Crippen molar-refractivity contribution in [2.24, 2.45) is 5.92 Å². The molecule has 0 aliphatic rings. The van der Waals surface area contributed by atoms with Crippen LogP contribution in [0.1, 0.15) is 68.7 Å². The quantitative estimate of drug-likeness (QED) is 0.223. The highest BCUT2D eigenvalue weighted by molar-refractivity contribution is 6.73. The van der Waals surface area contributed by atoms with Gasteiger partial charge in [0.05, 0.1) is 5.73 Å². The molecule has 5 heteroatoms. The van der Waals surface area contributed by atoms with Crippen molar-refractivity contribution in [1.29, 1.82) is 0 Å². The Morgan fingerprint density at radius 1 is 0.875 bits per heavy atom. The maximum Gasteiger partial charge on any atom is 0.218 e. The third-order valence-electron chi connectivity index (χ3n) is 4.17. The van der Waals surface area contributed by atoms with E-state index in [1.807, 2.05) is 0 Å². The van der Waals surface area contributed by atoms with Crippen LogP contribution in [0.25, 0.3) is 0 Å². The molecule has 0 saturated carbocycles. The predicted molar refractivity (Wildman–Crippen MR) is 115 cm³/mol. The van der Waals surface area contributed by atoms with E-state index >= 15 is 0 Å². The van der Waals surface area contributed by atoms with Gasteiger partial charge in [-0.1, -0.05) is 48.0 Å². The molecule has 0 amide bonds. The van der Waals surface area contributed by atoms with Crippen LogP contribution in [0.4, 0.5) is 0 Å². The van der Waals surface area contributed by atoms with Crippen molar-refractivity contribution < 1.29 is 13.6 Å². The first-order chi connectivity index (χ1) is 9.81. The number of hydrogen-bond acceptors (Lipinski definition) is 3. The lowest BCUT2D eigenvalue weighted by molar-refractivity contribution is -0.102. The van der Waals surface area contributed by atoms with Crippen molar-refractivity contribution in [2.75, 3.05) is 7.11 Å². The number of methoxy groups -OCH3 is 1. The van der Waals surface area contributed by atoms with Gasteiger partial charge in [0.25, 0.3) is 0 Å². The molecule has 0 spiro atoms. The summed E-state index contributed by atoms with van der Waals surface area (Å²) in [5.74, 6) is 0.281. The standard InChI is InChI=1S/C17H40O3Si2.2CH4/c1-15(2)13-11-12-14-21(7,8)19-17(4,5)20-22(9,10)16(3)18-6;;/h15-16H,11-14H2,1-10H3;2*1H4. The summed E-state index contributed by atoms with van der Waals surface area (Å²) >= 11 is 0. The summed E-state index contributed by atoms with van der Waals surface area (Å²) in [5, 5.41) is 0. The molecule has 24 heavy (non-hydrogen) atoms. The van der Waals surface area contributed by atoms with E-state index in [1.54, 1.807) is 7.11 Å². The maximum absolute atomic E-state index is 6.46. The number of unbranched alkanes of at least 4 members (excludes halogenated alkanes) is 1. The zero-order chi connectivity index (χ0) is 17.6. The van der Waals surface area contributed by atoms with Crippen molar-refractivity contribution in [3.63, 3.8) is 0 Å². The van der Waals surface area contributed by atoms with Crippen LogP contribution in [0, 0.1) is 5.92 Å². The van der Waals surface area contributed by atoms with Crippen LogP contribution in [0.5, 0.6) is 0 Å². The van der Waals surface area contributed by atoms with Crippen LogP contribution < -0.4 is 0 Å². The zero-order valence-corrected chi connectivity index (χ0v) is 18.7. The second kappa shape index (κ2) is 11.8. The van der Waals surface area contributed by atoms with Crippen molar-refractivity contribution >= 4 is 16.6 Å². The van der Waals surface area contributed by atoms with Gasteiger partial charge >= 0.3 is 0 Å². The molecule has 0 rings (SSSR count). The first-order valence-electron chi connectivity index (χ1n) is 8.74. The maximum atomic E-state index is 6.46. The summed E-state index contributed by atoms with van der Waals surface area (Å²) in [6, 6.07) is 1.20. The monoisotopic (exact) mass is 380 g/mol. The Balaban J connectivity index is -0.00000220. The fraction of sp³-hybridized carbons (Fsp3) is 1.00. The van der Waals surface area contributed by atoms with Gasteiger partial charge in [0.2, 0.25) is 8.32 Å². The first kappa shape index (κ1) is 29.1. The van der Waals surface area contributed by atoms with Crippen molar-refractivity contribution in [2.45, 2.75) is 112 Å².